The van der Waals surface area contributed by atoms with Crippen LogP contribution in [0.15, 0.2) is 76.7 Å². The van der Waals surface area contributed by atoms with Gasteiger partial charge in [0.2, 0.25) is 14.9 Å². The summed E-state index contributed by atoms with van der Waals surface area (Å²) < 4.78 is 28.5. The number of para-hydroxylation sites is 1. The zero-order valence-corrected chi connectivity index (χ0v) is 20.4. The van der Waals surface area contributed by atoms with Crippen LogP contribution in [-0.4, -0.2) is 28.2 Å². The fourth-order valence-corrected chi connectivity index (χ4v) is 5.24. The number of halogens is 1. The minimum atomic E-state index is -3.94. The molecule has 172 valence electrons. The third kappa shape index (κ3) is 3.69. The topological polar surface area (TPSA) is 89.2 Å². The Morgan fingerprint density at radius 3 is 2.44 bits per heavy atom. The van der Waals surface area contributed by atoms with Gasteiger partial charge < -0.3 is 5.32 Å². The van der Waals surface area contributed by atoms with Gasteiger partial charge in [-0.15, -0.1) is 5.10 Å². The Morgan fingerprint density at radius 2 is 1.71 bits per heavy atom. The minimum absolute atomic E-state index is 0.147. The van der Waals surface area contributed by atoms with Gasteiger partial charge in [-0.25, -0.2) is 13.4 Å². The Morgan fingerprint density at radius 1 is 0.971 bits per heavy atom. The first-order valence-electron chi connectivity index (χ1n) is 10.8. The van der Waals surface area contributed by atoms with Gasteiger partial charge in [0, 0.05) is 16.1 Å². The fourth-order valence-electron chi connectivity index (χ4n) is 3.83. The lowest BCUT2D eigenvalue weighted by Crippen LogP contribution is -2.06. The number of nitrogens with one attached hydrogen (secondary N) is 1. The largest absolute Gasteiger partial charge is 0.339 e. The minimum Gasteiger partial charge on any atom is -0.339 e. The number of sulfone groups is 1. The molecule has 2 heterocycles. The van der Waals surface area contributed by atoms with Gasteiger partial charge in [0.15, 0.2) is 5.65 Å². The van der Waals surface area contributed by atoms with Gasteiger partial charge in [-0.2, -0.15) is 4.52 Å². The van der Waals surface area contributed by atoms with Crippen molar-refractivity contribution < 1.29 is 8.42 Å². The number of anilines is 2. The van der Waals surface area contributed by atoms with E-state index in [9.17, 15) is 8.42 Å². The summed E-state index contributed by atoms with van der Waals surface area (Å²) in [6, 6.07) is 19.9. The summed E-state index contributed by atoms with van der Waals surface area (Å²) in [5.41, 5.74) is 3.52. The molecular formula is C25H22ClN5O2S. The molecule has 0 aliphatic heterocycles. The smallest absolute Gasteiger partial charge is 0.229 e. The molecule has 0 unspecified atom stereocenters. The number of hydrogen-bond donors (Lipinski definition) is 1. The number of rotatable bonds is 5. The van der Waals surface area contributed by atoms with Gasteiger partial charge in [-0.3, -0.25) is 0 Å². The lowest BCUT2D eigenvalue weighted by molar-refractivity contribution is 0.592. The first-order valence-corrected chi connectivity index (χ1v) is 12.6. The van der Waals surface area contributed by atoms with E-state index in [0.717, 1.165) is 22.2 Å². The highest BCUT2D eigenvalue weighted by Gasteiger charge is 2.27. The quantitative estimate of drug-likeness (QED) is 0.327. The lowest BCUT2D eigenvalue weighted by Gasteiger charge is -2.13. The van der Waals surface area contributed by atoms with Crippen molar-refractivity contribution in [2.45, 2.75) is 36.6 Å². The summed E-state index contributed by atoms with van der Waals surface area (Å²) in [5.74, 6) is 0.783. The molecule has 9 heteroatoms. The van der Waals surface area contributed by atoms with Crippen molar-refractivity contribution in [1.82, 2.24) is 19.8 Å². The molecule has 0 spiro atoms. The molecule has 5 rings (SSSR count). The van der Waals surface area contributed by atoms with Crippen LogP contribution in [0.25, 0.3) is 16.6 Å². The molecule has 5 aromatic rings. The highest BCUT2D eigenvalue weighted by molar-refractivity contribution is 7.91. The third-order valence-corrected chi connectivity index (χ3v) is 7.93. The van der Waals surface area contributed by atoms with E-state index in [2.05, 4.69) is 34.5 Å². The zero-order valence-electron chi connectivity index (χ0n) is 18.8. The van der Waals surface area contributed by atoms with Crippen LogP contribution in [0.1, 0.15) is 30.9 Å². The van der Waals surface area contributed by atoms with E-state index in [-0.39, 0.29) is 15.6 Å². The first-order chi connectivity index (χ1) is 16.3. The molecule has 34 heavy (non-hydrogen) atoms. The Bertz CT molecular complexity index is 1640. The molecule has 1 N–H and O–H groups in total. The van der Waals surface area contributed by atoms with Gasteiger partial charge in [-0.05, 0) is 60.4 Å². The van der Waals surface area contributed by atoms with Crippen LogP contribution >= 0.6 is 11.6 Å². The van der Waals surface area contributed by atoms with Gasteiger partial charge in [0.25, 0.3) is 0 Å². The van der Waals surface area contributed by atoms with Crippen LogP contribution in [0.2, 0.25) is 5.02 Å². The molecule has 7 nitrogen and oxygen atoms in total. The van der Waals surface area contributed by atoms with Crippen LogP contribution in [0, 0.1) is 6.92 Å². The number of fused-ring (bicyclic) bond motifs is 3. The Hall–Kier alpha value is -3.49. The molecule has 0 aliphatic carbocycles. The summed E-state index contributed by atoms with van der Waals surface area (Å²) in [7, 11) is -3.94. The van der Waals surface area contributed by atoms with E-state index in [1.165, 1.54) is 4.52 Å². The molecule has 0 bridgehead atoms. The summed E-state index contributed by atoms with van der Waals surface area (Å²) >= 11 is 6.30. The molecular weight excluding hydrogens is 470 g/mol. The van der Waals surface area contributed by atoms with E-state index in [0.29, 0.717) is 22.3 Å². The second-order valence-electron chi connectivity index (χ2n) is 8.37. The average molecular weight is 492 g/mol. The van der Waals surface area contributed by atoms with E-state index in [1.54, 1.807) is 12.1 Å². The second-order valence-corrected chi connectivity index (χ2v) is 10.6. The Kier molecular flexibility index (Phi) is 5.50. The van der Waals surface area contributed by atoms with Crippen LogP contribution in [0.5, 0.6) is 0 Å². The van der Waals surface area contributed by atoms with Crippen LogP contribution < -0.4 is 5.32 Å². The number of nitrogens with zero attached hydrogens (tertiary/aromatic N) is 4. The third-order valence-electron chi connectivity index (χ3n) is 5.85. The van der Waals surface area contributed by atoms with Crippen molar-refractivity contribution in [2.24, 2.45) is 0 Å². The number of aromatic nitrogens is 4. The molecule has 0 amide bonds. The summed E-state index contributed by atoms with van der Waals surface area (Å²) in [5, 5.41) is 12.7. The SMILES string of the molecule is Cc1c(Cl)cccc1Nc1nc2c(S(=O)(=O)c3ccc(C(C)C)cc3)nnn2c2ccccc12. The molecule has 3 aromatic carbocycles. The predicted octanol–water partition coefficient (Wildman–Crippen LogP) is 5.94. The maximum absolute atomic E-state index is 13.5. The Labute approximate surface area is 202 Å². The van der Waals surface area contributed by atoms with Gasteiger partial charge in [-0.1, -0.05) is 61.0 Å². The van der Waals surface area contributed by atoms with Crippen molar-refractivity contribution in [1.29, 1.82) is 0 Å². The van der Waals surface area contributed by atoms with Crippen molar-refractivity contribution in [3.63, 3.8) is 0 Å². The van der Waals surface area contributed by atoms with E-state index in [1.807, 2.05) is 61.5 Å². The highest BCUT2D eigenvalue weighted by atomic mass is 35.5. The Balaban J connectivity index is 1.70. The van der Waals surface area contributed by atoms with E-state index >= 15 is 0 Å². The van der Waals surface area contributed by atoms with Crippen LogP contribution in [-0.2, 0) is 9.84 Å². The second kappa shape index (κ2) is 8.38. The molecule has 0 aliphatic rings. The zero-order chi connectivity index (χ0) is 24.0. The first kappa shape index (κ1) is 22.3. The maximum atomic E-state index is 13.5. The molecule has 0 atom stereocenters. The summed E-state index contributed by atoms with van der Waals surface area (Å²) in [4.78, 5) is 4.82. The molecule has 0 saturated heterocycles. The molecule has 0 radical (unpaired) electrons. The van der Waals surface area contributed by atoms with E-state index < -0.39 is 9.84 Å². The van der Waals surface area contributed by atoms with Gasteiger partial charge in [0.1, 0.15) is 5.82 Å². The van der Waals surface area contributed by atoms with E-state index in [4.69, 9.17) is 11.6 Å². The monoisotopic (exact) mass is 491 g/mol. The van der Waals surface area contributed by atoms with Gasteiger partial charge in [0.05, 0.1) is 10.4 Å². The van der Waals surface area contributed by atoms with Crippen molar-refractivity contribution in [3.8, 4) is 0 Å². The normalized spacial score (nSPS) is 12.0. The number of hydrogen-bond acceptors (Lipinski definition) is 6. The summed E-state index contributed by atoms with van der Waals surface area (Å²) in [6.07, 6.45) is 0. The average Bonchev–Trinajstić information content (AvgIpc) is 3.27. The summed E-state index contributed by atoms with van der Waals surface area (Å²) in [6.45, 7) is 6.02. The van der Waals surface area contributed by atoms with Gasteiger partial charge >= 0.3 is 0 Å². The lowest BCUT2D eigenvalue weighted by atomic mass is 10.0. The van der Waals surface area contributed by atoms with Crippen molar-refractivity contribution in [3.05, 3.63) is 82.9 Å². The molecule has 0 fully saturated rings. The molecule has 2 aromatic heterocycles. The van der Waals surface area contributed by atoms with Crippen LogP contribution in [0.4, 0.5) is 11.5 Å². The standard InChI is InChI=1S/C25H22ClN5O2S/c1-15(2)17-11-13-18(14-12-17)34(32,33)25-24-28-23(27-21-9-6-8-20(26)16(21)3)19-7-4-5-10-22(19)31(24)30-29-25/h4-15H,1-3H3,(H,27,28). The predicted molar refractivity (Wildman–Crippen MR) is 134 cm³/mol. The number of benzene rings is 3. The van der Waals surface area contributed by atoms with Crippen LogP contribution in [0.3, 0.4) is 0 Å². The molecule has 0 saturated carbocycles. The van der Waals surface area contributed by atoms with Crippen molar-refractivity contribution >= 4 is 49.5 Å². The highest BCUT2D eigenvalue weighted by Crippen LogP contribution is 2.32. The fraction of sp³-hybridized carbons (Fsp3) is 0.160. The maximum Gasteiger partial charge on any atom is 0.229 e. The van der Waals surface area contributed by atoms with Crippen molar-refractivity contribution in [2.75, 3.05) is 5.32 Å².